The second-order valence-electron chi connectivity index (χ2n) is 10.1. The second-order valence-corrected chi connectivity index (χ2v) is 10.1. The predicted molar refractivity (Wildman–Crippen MR) is 144 cm³/mol. The third-order valence-electron chi connectivity index (χ3n) is 6.18. The lowest BCUT2D eigenvalue weighted by molar-refractivity contribution is -0.116. The van der Waals surface area contributed by atoms with Crippen LogP contribution in [0.3, 0.4) is 0 Å². The lowest BCUT2D eigenvalue weighted by Crippen LogP contribution is -2.22. The summed E-state index contributed by atoms with van der Waals surface area (Å²) in [6.45, 7) is 9.30. The van der Waals surface area contributed by atoms with Gasteiger partial charge in [-0.25, -0.2) is 0 Å². The molecule has 2 rings (SSSR count). The molecule has 7 heteroatoms. The van der Waals surface area contributed by atoms with Crippen LogP contribution in [-0.2, 0) is 14.9 Å². The molecule has 2 aromatic rings. The van der Waals surface area contributed by atoms with E-state index in [0.717, 1.165) is 36.8 Å². The molecule has 0 saturated heterocycles. The molecule has 2 aromatic carbocycles. The molecule has 0 bridgehead atoms. The van der Waals surface area contributed by atoms with Crippen LogP contribution in [0.4, 0.5) is 5.69 Å². The minimum Gasteiger partial charge on any atom is -0.496 e. The fourth-order valence-electron chi connectivity index (χ4n) is 4.25. The van der Waals surface area contributed by atoms with Crippen LogP contribution in [0.2, 0.25) is 0 Å². The highest BCUT2D eigenvalue weighted by Gasteiger charge is 2.24. The molecule has 3 N–H and O–H groups in total. The summed E-state index contributed by atoms with van der Waals surface area (Å²) in [5, 5.41) is 3.06. The van der Waals surface area contributed by atoms with Crippen LogP contribution < -0.4 is 20.5 Å². The van der Waals surface area contributed by atoms with Crippen molar-refractivity contribution in [1.29, 1.82) is 0 Å². The molecule has 0 aliphatic carbocycles. The van der Waals surface area contributed by atoms with Crippen molar-refractivity contribution in [1.82, 2.24) is 0 Å². The average Bonchev–Trinajstić information content (AvgIpc) is 2.82. The fraction of sp³-hybridized carbons (Fsp3) is 0.517. The standard InChI is InChI=1S/C29H42N2O5/c1-7-8-9-10-20(23-13-12-22(19-26(23)35-6)36-16-15-34-5)18-27(32)31-25-17-21(28(30)33)11-14-24(25)29(2,3)4/h11-14,17,19-20H,7-10,15-16,18H2,1-6H3,(H2,30,33)(H,31,32). The van der Waals surface area contributed by atoms with Gasteiger partial charge in [-0.3, -0.25) is 9.59 Å². The SMILES string of the molecule is CCCCCC(CC(=O)Nc1cc(C(N)=O)ccc1C(C)(C)C)c1ccc(OCCOC)cc1OC. The van der Waals surface area contributed by atoms with Gasteiger partial charge >= 0.3 is 0 Å². The Kier molecular flexibility index (Phi) is 11.2. The van der Waals surface area contributed by atoms with Gasteiger partial charge in [-0.1, -0.05) is 59.1 Å². The Morgan fingerprint density at radius 1 is 1.03 bits per heavy atom. The van der Waals surface area contributed by atoms with E-state index < -0.39 is 5.91 Å². The van der Waals surface area contributed by atoms with Crippen molar-refractivity contribution in [2.75, 3.05) is 32.8 Å². The van der Waals surface area contributed by atoms with Gasteiger partial charge in [0.05, 0.1) is 13.7 Å². The van der Waals surface area contributed by atoms with Gasteiger partial charge in [0.1, 0.15) is 18.1 Å². The molecule has 0 aliphatic heterocycles. The van der Waals surface area contributed by atoms with Crippen molar-refractivity contribution in [3.63, 3.8) is 0 Å². The molecule has 0 radical (unpaired) electrons. The molecular weight excluding hydrogens is 456 g/mol. The van der Waals surface area contributed by atoms with Gasteiger partial charge in [-0.2, -0.15) is 0 Å². The third-order valence-corrected chi connectivity index (χ3v) is 6.18. The van der Waals surface area contributed by atoms with Gasteiger partial charge in [0.2, 0.25) is 11.8 Å². The molecular formula is C29H42N2O5. The van der Waals surface area contributed by atoms with Gasteiger partial charge in [0, 0.05) is 30.8 Å². The van der Waals surface area contributed by atoms with Crippen molar-refractivity contribution >= 4 is 17.5 Å². The lowest BCUT2D eigenvalue weighted by atomic mass is 9.84. The zero-order chi connectivity index (χ0) is 26.7. The van der Waals surface area contributed by atoms with Crippen LogP contribution in [0, 0.1) is 0 Å². The number of anilines is 1. The smallest absolute Gasteiger partial charge is 0.248 e. The number of amides is 2. The minimum atomic E-state index is -0.527. The number of ether oxygens (including phenoxy) is 3. The number of unbranched alkanes of at least 4 members (excludes halogenated alkanes) is 2. The average molecular weight is 499 g/mol. The molecule has 0 saturated carbocycles. The summed E-state index contributed by atoms with van der Waals surface area (Å²) in [4.78, 5) is 25.1. The number of carbonyl (C=O) groups excluding carboxylic acids is 2. The first-order chi connectivity index (χ1) is 17.1. The van der Waals surface area contributed by atoms with Crippen LogP contribution in [0.15, 0.2) is 36.4 Å². The molecule has 2 amide bonds. The van der Waals surface area contributed by atoms with Crippen LogP contribution in [0.1, 0.15) is 87.2 Å². The van der Waals surface area contributed by atoms with Gasteiger partial charge in [0.15, 0.2) is 0 Å². The van der Waals surface area contributed by atoms with Gasteiger partial charge in [-0.05, 0) is 47.1 Å². The summed E-state index contributed by atoms with van der Waals surface area (Å²) in [5.74, 6) is 0.719. The zero-order valence-electron chi connectivity index (χ0n) is 22.6. The predicted octanol–water partition coefficient (Wildman–Crippen LogP) is 5.81. The minimum absolute atomic E-state index is 0.0306. The molecule has 0 aromatic heterocycles. The summed E-state index contributed by atoms with van der Waals surface area (Å²) in [5.41, 5.74) is 8.18. The maximum atomic E-state index is 13.3. The Morgan fingerprint density at radius 2 is 1.78 bits per heavy atom. The largest absolute Gasteiger partial charge is 0.496 e. The van der Waals surface area contributed by atoms with E-state index in [1.807, 2.05) is 24.3 Å². The number of methoxy groups -OCH3 is 2. The number of hydrogen-bond acceptors (Lipinski definition) is 5. The summed E-state index contributed by atoms with van der Waals surface area (Å²) < 4.78 is 16.5. The highest BCUT2D eigenvalue weighted by atomic mass is 16.5. The molecule has 0 heterocycles. The second kappa shape index (κ2) is 13.9. The van der Waals surface area contributed by atoms with Crippen LogP contribution >= 0.6 is 0 Å². The van der Waals surface area contributed by atoms with Crippen LogP contribution in [0.5, 0.6) is 11.5 Å². The molecule has 0 spiro atoms. The Balaban J connectivity index is 2.31. The maximum Gasteiger partial charge on any atom is 0.248 e. The molecule has 198 valence electrons. The van der Waals surface area contributed by atoms with E-state index in [1.165, 1.54) is 0 Å². The normalized spacial score (nSPS) is 12.2. The number of hydrogen-bond donors (Lipinski definition) is 2. The summed E-state index contributed by atoms with van der Waals surface area (Å²) in [6.07, 6.45) is 4.34. The van der Waals surface area contributed by atoms with Crippen LogP contribution in [-0.4, -0.2) is 39.2 Å². The van der Waals surface area contributed by atoms with Crippen molar-refractivity contribution in [2.45, 2.75) is 71.1 Å². The van der Waals surface area contributed by atoms with Gasteiger partial charge in [0.25, 0.3) is 0 Å². The molecule has 1 unspecified atom stereocenters. The molecule has 1 atom stereocenters. The van der Waals surface area contributed by atoms with E-state index in [0.29, 0.717) is 36.0 Å². The van der Waals surface area contributed by atoms with Gasteiger partial charge in [-0.15, -0.1) is 0 Å². The Labute approximate surface area is 215 Å². The maximum absolute atomic E-state index is 13.3. The number of nitrogens with two attached hydrogens (primary N) is 1. The summed E-state index contributed by atoms with van der Waals surface area (Å²) in [6, 6.07) is 11.0. The summed E-state index contributed by atoms with van der Waals surface area (Å²) in [7, 11) is 3.26. The monoisotopic (exact) mass is 498 g/mol. The topological polar surface area (TPSA) is 99.9 Å². The molecule has 0 aliphatic rings. The highest BCUT2D eigenvalue weighted by molar-refractivity contribution is 5.97. The summed E-state index contributed by atoms with van der Waals surface area (Å²) >= 11 is 0. The molecule has 36 heavy (non-hydrogen) atoms. The third kappa shape index (κ3) is 8.55. The van der Waals surface area contributed by atoms with Crippen LogP contribution in [0.25, 0.3) is 0 Å². The van der Waals surface area contributed by atoms with Crippen molar-refractivity contribution in [3.05, 3.63) is 53.1 Å². The van der Waals surface area contributed by atoms with E-state index in [2.05, 4.69) is 33.0 Å². The number of primary amides is 1. The number of nitrogens with one attached hydrogen (secondary N) is 1. The zero-order valence-corrected chi connectivity index (χ0v) is 22.6. The van der Waals surface area contributed by atoms with E-state index in [1.54, 1.807) is 26.4 Å². The number of rotatable bonds is 14. The van der Waals surface area contributed by atoms with Crippen molar-refractivity contribution in [2.24, 2.45) is 5.73 Å². The Morgan fingerprint density at radius 3 is 2.39 bits per heavy atom. The van der Waals surface area contributed by atoms with Gasteiger partial charge < -0.3 is 25.3 Å². The lowest BCUT2D eigenvalue weighted by Gasteiger charge is -2.25. The van der Waals surface area contributed by atoms with Crippen molar-refractivity contribution in [3.8, 4) is 11.5 Å². The number of carbonyl (C=O) groups is 2. The van der Waals surface area contributed by atoms with E-state index in [-0.39, 0.29) is 23.7 Å². The first-order valence-electron chi connectivity index (χ1n) is 12.6. The number of benzene rings is 2. The fourth-order valence-corrected chi connectivity index (χ4v) is 4.25. The molecule has 0 fully saturated rings. The first-order valence-corrected chi connectivity index (χ1v) is 12.6. The van der Waals surface area contributed by atoms with Crippen molar-refractivity contribution < 1.29 is 23.8 Å². The van der Waals surface area contributed by atoms with E-state index in [4.69, 9.17) is 19.9 Å². The quantitative estimate of drug-likeness (QED) is 0.320. The Hall–Kier alpha value is -3.06. The first kappa shape index (κ1) is 29.2. The Bertz CT molecular complexity index is 1010. The highest BCUT2D eigenvalue weighted by Crippen LogP contribution is 2.36. The molecule has 7 nitrogen and oxygen atoms in total. The van der Waals surface area contributed by atoms with E-state index in [9.17, 15) is 9.59 Å². The van der Waals surface area contributed by atoms with E-state index >= 15 is 0 Å².